The first-order valence-electron chi connectivity index (χ1n) is 6.85. The first-order valence-corrected chi connectivity index (χ1v) is 6.85. The predicted octanol–water partition coefficient (Wildman–Crippen LogP) is 0.219. The predicted molar refractivity (Wildman–Crippen MR) is 80.7 cm³/mol. The van der Waals surface area contributed by atoms with E-state index in [0.29, 0.717) is 24.2 Å². The van der Waals surface area contributed by atoms with Crippen molar-refractivity contribution in [2.24, 2.45) is 5.73 Å². The summed E-state index contributed by atoms with van der Waals surface area (Å²) in [6, 6.07) is 5.51. The molecule has 2 rings (SSSR count). The highest BCUT2D eigenvalue weighted by Gasteiger charge is 2.26. The zero-order chi connectivity index (χ0) is 15.4. The molecular weight excluding hydrogens is 266 g/mol. The molecule has 0 saturated carbocycles. The van der Waals surface area contributed by atoms with Crippen molar-refractivity contribution in [3.8, 4) is 11.8 Å². The van der Waals surface area contributed by atoms with E-state index in [2.05, 4.69) is 11.8 Å². The average Bonchev–Trinajstić information content (AvgIpc) is 2.47. The molecule has 1 aliphatic heterocycles. The lowest BCUT2D eigenvalue weighted by Gasteiger charge is -2.32. The van der Waals surface area contributed by atoms with E-state index in [-0.39, 0.29) is 24.9 Å². The Kier molecular flexibility index (Phi) is 4.61. The Morgan fingerprint density at radius 2 is 2.14 bits per heavy atom. The van der Waals surface area contributed by atoms with Crippen LogP contribution in [0.3, 0.4) is 0 Å². The summed E-state index contributed by atoms with van der Waals surface area (Å²) in [4.78, 5) is 27.5. The summed E-state index contributed by atoms with van der Waals surface area (Å²) in [5, 5.41) is 0. The normalized spacial score (nSPS) is 14.7. The number of aryl methyl sites for hydroxylation is 1. The minimum absolute atomic E-state index is 0.0451. The molecule has 2 N–H and O–H groups in total. The largest absolute Gasteiger partial charge is 0.342 e. The molecule has 5 nitrogen and oxygen atoms in total. The van der Waals surface area contributed by atoms with Crippen molar-refractivity contribution in [3.63, 3.8) is 0 Å². The van der Waals surface area contributed by atoms with Crippen LogP contribution in [0.1, 0.15) is 21.5 Å². The molecule has 0 atom stereocenters. The molecule has 1 fully saturated rings. The van der Waals surface area contributed by atoms with Crippen LogP contribution in [0.5, 0.6) is 0 Å². The van der Waals surface area contributed by atoms with E-state index in [1.54, 1.807) is 22.9 Å². The van der Waals surface area contributed by atoms with E-state index in [0.717, 1.165) is 5.56 Å². The summed E-state index contributed by atoms with van der Waals surface area (Å²) in [7, 11) is 1.74. The third-order valence-corrected chi connectivity index (χ3v) is 3.48. The van der Waals surface area contributed by atoms with Crippen LogP contribution in [-0.2, 0) is 4.79 Å². The van der Waals surface area contributed by atoms with Gasteiger partial charge in [-0.05, 0) is 24.6 Å². The Bertz CT molecular complexity index is 628. The molecule has 5 heteroatoms. The summed E-state index contributed by atoms with van der Waals surface area (Å²) in [6.45, 7) is 3.40. The number of rotatable bonds is 1. The molecule has 1 aliphatic rings. The van der Waals surface area contributed by atoms with Crippen molar-refractivity contribution in [1.29, 1.82) is 0 Å². The van der Waals surface area contributed by atoms with Gasteiger partial charge in [0.15, 0.2) is 0 Å². The molecular formula is C16H19N3O2. The van der Waals surface area contributed by atoms with Crippen molar-refractivity contribution in [2.45, 2.75) is 6.92 Å². The van der Waals surface area contributed by atoms with Crippen molar-refractivity contribution < 1.29 is 9.59 Å². The Morgan fingerprint density at radius 1 is 1.38 bits per heavy atom. The molecule has 1 heterocycles. The van der Waals surface area contributed by atoms with Crippen LogP contribution in [0.25, 0.3) is 0 Å². The molecule has 21 heavy (non-hydrogen) atoms. The molecule has 0 aromatic heterocycles. The van der Waals surface area contributed by atoms with E-state index in [1.807, 2.05) is 19.1 Å². The van der Waals surface area contributed by atoms with Gasteiger partial charge >= 0.3 is 0 Å². The van der Waals surface area contributed by atoms with E-state index >= 15 is 0 Å². The van der Waals surface area contributed by atoms with Crippen molar-refractivity contribution in [2.75, 3.05) is 33.2 Å². The van der Waals surface area contributed by atoms with E-state index in [1.165, 1.54) is 0 Å². The van der Waals surface area contributed by atoms with Crippen LogP contribution >= 0.6 is 0 Å². The van der Waals surface area contributed by atoms with E-state index in [9.17, 15) is 9.59 Å². The smallest absolute Gasteiger partial charge is 0.255 e. The third-order valence-electron chi connectivity index (χ3n) is 3.48. The molecule has 0 unspecified atom stereocenters. The fourth-order valence-corrected chi connectivity index (χ4v) is 2.20. The number of piperazine rings is 1. The summed E-state index contributed by atoms with van der Waals surface area (Å²) in [5.41, 5.74) is 7.62. The number of hydrogen-bond donors (Lipinski definition) is 1. The van der Waals surface area contributed by atoms with Gasteiger partial charge in [0.1, 0.15) is 6.54 Å². The lowest BCUT2D eigenvalue weighted by molar-refractivity contribution is -0.133. The van der Waals surface area contributed by atoms with Crippen molar-refractivity contribution >= 4 is 11.8 Å². The Morgan fingerprint density at radius 3 is 2.81 bits per heavy atom. The second kappa shape index (κ2) is 6.42. The van der Waals surface area contributed by atoms with Crippen molar-refractivity contribution in [3.05, 3.63) is 34.9 Å². The lowest BCUT2D eigenvalue weighted by Crippen LogP contribution is -2.50. The number of benzene rings is 1. The summed E-state index contributed by atoms with van der Waals surface area (Å²) < 4.78 is 0. The zero-order valence-corrected chi connectivity index (χ0v) is 12.3. The SMILES string of the molecule is Cc1ccc(C(=O)N2CCN(C)C(=O)C2)c(C#CCN)c1. The van der Waals surface area contributed by atoms with Crippen LogP contribution in [0.2, 0.25) is 0 Å². The molecule has 110 valence electrons. The van der Waals surface area contributed by atoms with Gasteiger partial charge in [0.25, 0.3) is 5.91 Å². The zero-order valence-electron chi connectivity index (χ0n) is 12.3. The quantitative estimate of drug-likeness (QED) is 0.751. The lowest BCUT2D eigenvalue weighted by atomic mass is 10.0. The van der Waals surface area contributed by atoms with Gasteiger partial charge in [0, 0.05) is 25.7 Å². The number of nitrogens with two attached hydrogens (primary N) is 1. The second-order valence-corrected chi connectivity index (χ2v) is 5.10. The Hall–Kier alpha value is -2.32. The summed E-state index contributed by atoms with van der Waals surface area (Å²) >= 11 is 0. The maximum absolute atomic E-state index is 12.6. The molecule has 0 bridgehead atoms. The summed E-state index contributed by atoms with van der Waals surface area (Å²) in [5.74, 6) is 5.51. The number of hydrogen-bond acceptors (Lipinski definition) is 3. The molecule has 2 amide bonds. The first kappa shape index (κ1) is 15.1. The monoisotopic (exact) mass is 285 g/mol. The Labute approximate surface area is 124 Å². The highest BCUT2D eigenvalue weighted by Crippen LogP contribution is 2.15. The molecule has 0 spiro atoms. The van der Waals surface area contributed by atoms with Crippen LogP contribution in [-0.4, -0.2) is 54.8 Å². The fourth-order valence-electron chi connectivity index (χ4n) is 2.20. The standard InChI is InChI=1S/C16H19N3O2/c1-12-5-6-14(13(10-12)4-3-7-17)16(21)19-9-8-18(2)15(20)11-19/h5-6,10H,7-9,11,17H2,1-2H3. The van der Waals surface area contributed by atoms with Gasteiger partial charge in [-0.2, -0.15) is 0 Å². The molecule has 1 aromatic rings. The maximum Gasteiger partial charge on any atom is 0.255 e. The number of carbonyl (C=O) groups is 2. The van der Waals surface area contributed by atoms with Gasteiger partial charge in [-0.1, -0.05) is 17.9 Å². The summed E-state index contributed by atoms with van der Waals surface area (Å²) in [6.07, 6.45) is 0. The van der Waals surface area contributed by atoms with Crippen LogP contribution in [0, 0.1) is 18.8 Å². The van der Waals surface area contributed by atoms with Crippen LogP contribution in [0.15, 0.2) is 18.2 Å². The van der Waals surface area contributed by atoms with Gasteiger partial charge < -0.3 is 15.5 Å². The number of amides is 2. The minimum atomic E-state index is -0.155. The highest BCUT2D eigenvalue weighted by molar-refractivity contribution is 5.99. The van der Waals surface area contributed by atoms with Gasteiger partial charge in [0.05, 0.1) is 12.1 Å². The first-order chi connectivity index (χ1) is 10.0. The molecule has 1 saturated heterocycles. The topological polar surface area (TPSA) is 66.6 Å². The fraction of sp³-hybridized carbons (Fsp3) is 0.375. The number of nitrogens with zero attached hydrogens (tertiary/aromatic N) is 2. The van der Waals surface area contributed by atoms with E-state index in [4.69, 9.17) is 5.73 Å². The Balaban J connectivity index is 2.29. The maximum atomic E-state index is 12.6. The van der Waals surface area contributed by atoms with Gasteiger partial charge in [-0.3, -0.25) is 9.59 Å². The third kappa shape index (κ3) is 3.41. The average molecular weight is 285 g/mol. The van der Waals surface area contributed by atoms with Gasteiger partial charge in [0.2, 0.25) is 5.91 Å². The molecule has 1 aromatic carbocycles. The molecule has 0 radical (unpaired) electrons. The van der Waals surface area contributed by atoms with Crippen molar-refractivity contribution in [1.82, 2.24) is 9.80 Å². The van der Waals surface area contributed by atoms with Crippen LogP contribution in [0.4, 0.5) is 0 Å². The second-order valence-electron chi connectivity index (χ2n) is 5.10. The van der Waals surface area contributed by atoms with Crippen LogP contribution < -0.4 is 5.73 Å². The van der Waals surface area contributed by atoms with E-state index < -0.39 is 0 Å². The number of carbonyl (C=O) groups excluding carboxylic acids is 2. The van der Waals surface area contributed by atoms with Gasteiger partial charge in [-0.25, -0.2) is 0 Å². The molecule has 0 aliphatic carbocycles. The minimum Gasteiger partial charge on any atom is -0.342 e. The van der Waals surface area contributed by atoms with Gasteiger partial charge in [-0.15, -0.1) is 0 Å². The number of likely N-dealkylation sites (N-methyl/N-ethyl adjacent to an activating group) is 1. The highest BCUT2D eigenvalue weighted by atomic mass is 16.2.